The number of likely N-dealkylation sites (N-methyl/N-ethyl adjacent to an activating group) is 1. The van der Waals surface area contributed by atoms with E-state index in [2.05, 4.69) is 10.2 Å². The molecule has 0 heterocycles. The minimum Gasteiger partial charge on any atom is -0.368 e. The molecule has 0 bridgehead atoms. The summed E-state index contributed by atoms with van der Waals surface area (Å²) in [6.45, 7) is 1.26. The summed E-state index contributed by atoms with van der Waals surface area (Å²) in [5, 5.41) is 3.19. The van der Waals surface area contributed by atoms with Crippen LogP contribution in [-0.2, 0) is 4.79 Å². The lowest BCUT2D eigenvalue weighted by Crippen LogP contribution is -2.53. The fraction of sp³-hybridized carbons (Fsp3) is 0.929. The molecule has 3 aliphatic rings. The maximum Gasteiger partial charge on any atom is 0.237 e. The van der Waals surface area contributed by atoms with Gasteiger partial charge >= 0.3 is 0 Å². The Labute approximate surface area is 109 Å². The molecule has 0 aromatic carbocycles. The van der Waals surface area contributed by atoms with Crippen LogP contribution in [0.2, 0.25) is 0 Å². The Kier molecular flexibility index (Phi) is 3.10. The first-order valence-corrected chi connectivity index (χ1v) is 7.39. The summed E-state index contributed by atoms with van der Waals surface area (Å²) in [5.41, 5.74) is 5.15. The fourth-order valence-corrected chi connectivity index (χ4v) is 3.48. The Bertz CT molecular complexity index is 338. The minimum absolute atomic E-state index is 0.172. The molecule has 2 unspecified atom stereocenters. The first kappa shape index (κ1) is 12.4. The Morgan fingerprint density at radius 3 is 2.44 bits per heavy atom. The number of amides is 1. The van der Waals surface area contributed by atoms with Crippen molar-refractivity contribution in [1.29, 1.82) is 0 Å². The minimum atomic E-state index is -0.443. The first-order valence-electron chi connectivity index (χ1n) is 7.39. The van der Waals surface area contributed by atoms with Crippen molar-refractivity contribution in [1.82, 2.24) is 10.2 Å². The van der Waals surface area contributed by atoms with Gasteiger partial charge in [-0.15, -0.1) is 0 Å². The highest BCUT2D eigenvalue weighted by Crippen LogP contribution is 2.41. The number of hydrogen-bond donors (Lipinski definition) is 2. The topological polar surface area (TPSA) is 58.4 Å². The molecule has 3 saturated carbocycles. The van der Waals surface area contributed by atoms with Crippen LogP contribution in [0.4, 0.5) is 0 Å². The second-order valence-corrected chi connectivity index (χ2v) is 6.46. The largest absolute Gasteiger partial charge is 0.368 e. The van der Waals surface area contributed by atoms with E-state index in [0.717, 1.165) is 31.2 Å². The fourth-order valence-electron chi connectivity index (χ4n) is 3.48. The van der Waals surface area contributed by atoms with E-state index in [0.29, 0.717) is 6.04 Å². The molecule has 0 aromatic heterocycles. The molecule has 3 fully saturated rings. The zero-order valence-corrected chi connectivity index (χ0v) is 11.3. The molecule has 102 valence electrons. The van der Waals surface area contributed by atoms with Crippen LogP contribution in [0.3, 0.4) is 0 Å². The number of primary amides is 1. The number of carbonyl (C=O) groups is 1. The Morgan fingerprint density at radius 1 is 1.28 bits per heavy atom. The average Bonchev–Trinajstić information content (AvgIpc) is 3.24. The normalized spacial score (nSPS) is 36.2. The standard InChI is InChI=1S/C14H25N3O/c1-16-14(13(15)18)7-6-12(8-14)17(11-4-5-11)9-10-2-3-10/h10-12,16H,2-9H2,1H3,(H2,15,18). The van der Waals surface area contributed by atoms with E-state index in [1.807, 2.05) is 7.05 Å². The van der Waals surface area contributed by atoms with Crippen LogP contribution in [0.25, 0.3) is 0 Å². The summed E-state index contributed by atoms with van der Waals surface area (Å²) in [5.74, 6) is 0.762. The smallest absolute Gasteiger partial charge is 0.237 e. The maximum atomic E-state index is 11.7. The van der Waals surface area contributed by atoms with Crippen molar-refractivity contribution in [3.05, 3.63) is 0 Å². The van der Waals surface area contributed by atoms with Gasteiger partial charge in [-0.3, -0.25) is 9.69 Å². The van der Waals surface area contributed by atoms with E-state index >= 15 is 0 Å². The highest BCUT2D eigenvalue weighted by atomic mass is 16.1. The van der Waals surface area contributed by atoms with Crippen molar-refractivity contribution in [3.8, 4) is 0 Å². The number of nitrogens with zero attached hydrogens (tertiary/aromatic N) is 1. The summed E-state index contributed by atoms with van der Waals surface area (Å²) < 4.78 is 0. The number of nitrogens with two attached hydrogens (primary N) is 1. The molecule has 1 amide bonds. The lowest BCUT2D eigenvalue weighted by Gasteiger charge is -2.31. The summed E-state index contributed by atoms with van der Waals surface area (Å²) >= 11 is 0. The maximum absolute atomic E-state index is 11.7. The van der Waals surface area contributed by atoms with Crippen molar-refractivity contribution in [2.24, 2.45) is 11.7 Å². The molecular weight excluding hydrogens is 226 g/mol. The SMILES string of the molecule is CNC1(C(N)=O)CCC(N(CC2CC2)C2CC2)C1. The van der Waals surface area contributed by atoms with E-state index in [4.69, 9.17) is 5.73 Å². The van der Waals surface area contributed by atoms with Crippen LogP contribution in [0.5, 0.6) is 0 Å². The van der Waals surface area contributed by atoms with Crippen LogP contribution in [0.15, 0.2) is 0 Å². The van der Waals surface area contributed by atoms with E-state index in [9.17, 15) is 4.79 Å². The molecule has 3 rings (SSSR count). The molecule has 0 aromatic rings. The third kappa shape index (κ3) is 2.28. The van der Waals surface area contributed by atoms with Crippen LogP contribution in [0, 0.1) is 5.92 Å². The van der Waals surface area contributed by atoms with Gasteiger partial charge in [0.25, 0.3) is 0 Å². The van der Waals surface area contributed by atoms with Crippen molar-refractivity contribution in [2.45, 2.75) is 62.6 Å². The van der Waals surface area contributed by atoms with Gasteiger partial charge < -0.3 is 11.1 Å². The van der Waals surface area contributed by atoms with Crippen molar-refractivity contribution < 1.29 is 4.79 Å². The van der Waals surface area contributed by atoms with Crippen molar-refractivity contribution >= 4 is 5.91 Å². The molecule has 3 aliphatic carbocycles. The van der Waals surface area contributed by atoms with Gasteiger partial charge in [0.15, 0.2) is 0 Å². The first-order chi connectivity index (χ1) is 8.64. The van der Waals surface area contributed by atoms with E-state index in [1.54, 1.807) is 0 Å². The van der Waals surface area contributed by atoms with E-state index in [-0.39, 0.29) is 5.91 Å². The predicted octanol–water partition coefficient (Wildman–Crippen LogP) is 0.857. The molecule has 3 N–H and O–H groups in total. The number of rotatable bonds is 6. The van der Waals surface area contributed by atoms with Gasteiger partial charge in [0.2, 0.25) is 5.91 Å². The molecule has 0 radical (unpaired) electrons. The lowest BCUT2D eigenvalue weighted by atomic mass is 9.96. The van der Waals surface area contributed by atoms with Gasteiger partial charge in [-0.2, -0.15) is 0 Å². The van der Waals surface area contributed by atoms with Crippen molar-refractivity contribution in [2.75, 3.05) is 13.6 Å². The van der Waals surface area contributed by atoms with Crippen LogP contribution < -0.4 is 11.1 Å². The van der Waals surface area contributed by atoms with Crippen molar-refractivity contribution in [3.63, 3.8) is 0 Å². The Hall–Kier alpha value is -0.610. The van der Waals surface area contributed by atoms with Crippen LogP contribution in [0.1, 0.15) is 44.9 Å². The molecule has 18 heavy (non-hydrogen) atoms. The molecule has 2 atom stereocenters. The van der Waals surface area contributed by atoms with Gasteiger partial charge in [-0.25, -0.2) is 0 Å². The molecular formula is C14H25N3O. The van der Waals surface area contributed by atoms with Gasteiger partial charge in [0.05, 0.1) is 5.54 Å². The van der Waals surface area contributed by atoms with Gasteiger partial charge in [-0.05, 0) is 57.9 Å². The third-order valence-corrected chi connectivity index (χ3v) is 5.09. The predicted molar refractivity (Wildman–Crippen MR) is 71.1 cm³/mol. The molecule has 4 nitrogen and oxygen atoms in total. The monoisotopic (exact) mass is 251 g/mol. The van der Waals surface area contributed by atoms with Gasteiger partial charge in [0.1, 0.15) is 0 Å². The van der Waals surface area contributed by atoms with Gasteiger partial charge in [-0.1, -0.05) is 0 Å². The highest BCUT2D eigenvalue weighted by molar-refractivity contribution is 5.85. The zero-order valence-electron chi connectivity index (χ0n) is 11.3. The highest BCUT2D eigenvalue weighted by Gasteiger charge is 2.47. The van der Waals surface area contributed by atoms with Crippen LogP contribution in [-0.4, -0.2) is 42.0 Å². The summed E-state index contributed by atoms with van der Waals surface area (Å²) in [6, 6.07) is 1.37. The summed E-state index contributed by atoms with van der Waals surface area (Å²) in [7, 11) is 1.87. The Morgan fingerprint density at radius 2 is 2.00 bits per heavy atom. The molecule has 4 heteroatoms. The van der Waals surface area contributed by atoms with Crippen LogP contribution >= 0.6 is 0 Å². The number of carbonyl (C=O) groups excluding carboxylic acids is 1. The lowest BCUT2D eigenvalue weighted by molar-refractivity contribution is -0.124. The summed E-state index contributed by atoms with van der Waals surface area (Å²) in [4.78, 5) is 14.4. The number of hydrogen-bond acceptors (Lipinski definition) is 3. The molecule has 0 spiro atoms. The average molecular weight is 251 g/mol. The third-order valence-electron chi connectivity index (χ3n) is 5.09. The quantitative estimate of drug-likeness (QED) is 0.736. The Balaban J connectivity index is 1.66. The van der Waals surface area contributed by atoms with E-state index in [1.165, 1.54) is 32.2 Å². The van der Waals surface area contributed by atoms with E-state index < -0.39 is 5.54 Å². The molecule has 0 saturated heterocycles. The zero-order chi connectivity index (χ0) is 12.8. The second-order valence-electron chi connectivity index (χ2n) is 6.46. The second kappa shape index (κ2) is 4.49. The summed E-state index contributed by atoms with van der Waals surface area (Å²) in [6.07, 6.45) is 8.44. The molecule has 0 aliphatic heterocycles. The van der Waals surface area contributed by atoms with Gasteiger partial charge in [0, 0.05) is 18.6 Å². The number of nitrogens with one attached hydrogen (secondary N) is 1.